The van der Waals surface area contributed by atoms with Gasteiger partial charge in [0.15, 0.2) is 0 Å². The number of likely N-dealkylation sites (N-methyl/N-ethyl adjacent to an activating group) is 1. The number of benzene rings is 2. The molecule has 184 valence electrons. The van der Waals surface area contributed by atoms with E-state index in [0.717, 1.165) is 11.1 Å². The molecule has 0 spiro atoms. The minimum atomic E-state index is -0.478. The molecule has 0 unspecified atom stereocenters. The maximum Gasteiger partial charge on any atom is 0.123 e. The van der Waals surface area contributed by atoms with Gasteiger partial charge in [-0.1, -0.05) is 36.4 Å². The van der Waals surface area contributed by atoms with E-state index in [0.29, 0.717) is 26.3 Å². The fourth-order valence-corrected chi connectivity index (χ4v) is 4.04. The lowest BCUT2D eigenvalue weighted by Crippen LogP contribution is -2.49. The highest BCUT2D eigenvalue weighted by Crippen LogP contribution is 2.25. The first-order valence-corrected chi connectivity index (χ1v) is 11.4. The van der Waals surface area contributed by atoms with Gasteiger partial charge in [-0.2, -0.15) is 0 Å². The Balaban J connectivity index is 1.80. The molecule has 1 aliphatic rings. The van der Waals surface area contributed by atoms with Crippen LogP contribution in [0.5, 0.6) is 0 Å². The van der Waals surface area contributed by atoms with E-state index < -0.39 is 12.2 Å². The quantitative estimate of drug-likeness (QED) is 0.424. The standard InChI is InChI=1S/C27H33F2NO4/c1-4-12-31-26-24(33-18-20-8-6-10-22(28)14-20)16-30(3)17-25(27(26)32-13-5-2)34-19-21-9-7-11-23(29)15-21/h4-11,14-15,24-27H,1-2,12-13,16-19H2,3H3/t24-,25-,26+,27+/m0/s1. The zero-order valence-corrected chi connectivity index (χ0v) is 19.6. The van der Waals surface area contributed by atoms with Crippen molar-refractivity contribution < 1.29 is 27.7 Å². The molecular weight excluding hydrogens is 440 g/mol. The summed E-state index contributed by atoms with van der Waals surface area (Å²) in [5.74, 6) is -0.618. The summed E-state index contributed by atoms with van der Waals surface area (Å²) < 4.78 is 52.1. The molecular formula is C27H33F2NO4. The fraction of sp³-hybridized carbons (Fsp3) is 0.407. The molecule has 2 aromatic carbocycles. The molecule has 34 heavy (non-hydrogen) atoms. The lowest BCUT2D eigenvalue weighted by molar-refractivity contribution is -0.164. The minimum absolute atomic E-state index is 0.229. The summed E-state index contributed by atoms with van der Waals surface area (Å²) in [6.07, 6.45) is 1.65. The summed E-state index contributed by atoms with van der Waals surface area (Å²) in [5.41, 5.74) is 1.47. The predicted molar refractivity (Wildman–Crippen MR) is 127 cm³/mol. The molecule has 4 atom stereocenters. The molecule has 0 radical (unpaired) electrons. The van der Waals surface area contributed by atoms with Crippen LogP contribution in [0, 0.1) is 11.6 Å². The molecule has 7 heteroatoms. The topological polar surface area (TPSA) is 40.2 Å². The smallest absolute Gasteiger partial charge is 0.123 e. The largest absolute Gasteiger partial charge is 0.369 e. The lowest BCUT2D eigenvalue weighted by Gasteiger charge is -2.34. The van der Waals surface area contributed by atoms with Crippen molar-refractivity contribution in [1.82, 2.24) is 4.90 Å². The van der Waals surface area contributed by atoms with Crippen molar-refractivity contribution >= 4 is 0 Å². The summed E-state index contributed by atoms with van der Waals surface area (Å²) in [4.78, 5) is 2.09. The van der Waals surface area contributed by atoms with Gasteiger partial charge in [0, 0.05) is 13.1 Å². The Morgan fingerprint density at radius 3 is 1.62 bits per heavy atom. The van der Waals surface area contributed by atoms with E-state index in [-0.39, 0.29) is 37.1 Å². The highest BCUT2D eigenvalue weighted by molar-refractivity contribution is 5.16. The average Bonchev–Trinajstić information content (AvgIpc) is 2.94. The van der Waals surface area contributed by atoms with Crippen LogP contribution in [-0.4, -0.2) is 62.7 Å². The Kier molecular flexibility index (Phi) is 10.4. The van der Waals surface area contributed by atoms with Crippen molar-refractivity contribution in [2.24, 2.45) is 0 Å². The molecule has 5 nitrogen and oxygen atoms in total. The molecule has 0 aromatic heterocycles. The Morgan fingerprint density at radius 2 is 1.24 bits per heavy atom. The third-order valence-electron chi connectivity index (χ3n) is 5.56. The number of nitrogens with zero attached hydrogens (tertiary/aromatic N) is 1. The van der Waals surface area contributed by atoms with Gasteiger partial charge in [0.25, 0.3) is 0 Å². The van der Waals surface area contributed by atoms with E-state index in [1.165, 1.54) is 24.3 Å². The highest BCUT2D eigenvalue weighted by atomic mass is 19.1. The first-order chi connectivity index (χ1) is 16.5. The molecule has 1 heterocycles. The number of ether oxygens (including phenoxy) is 4. The van der Waals surface area contributed by atoms with Gasteiger partial charge < -0.3 is 23.8 Å². The zero-order chi connectivity index (χ0) is 24.3. The van der Waals surface area contributed by atoms with Gasteiger partial charge in [-0.3, -0.25) is 0 Å². The van der Waals surface area contributed by atoms with Crippen molar-refractivity contribution in [3.63, 3.8) is 0 Å². The second kappa shape index (κ2) is 13.5. The summed E-state index contributed by atoms with van der Waals surface area (Å²) in [6, 6.07) is 12.7. The predicted octanol–water partition coefficient (Wildman–Crippen LogP) is 4.52. The maximum atomic E-state index is 13.6. The van der Waals surface area contributed by atoms with Gasteiger partial charge in [-0.25, -0.2) is 8.78 Å². The second-order valence-electron chi connectivity index (χ2n) is 8.35. The van der Waals surface area contributed by atoms with E-state index >= 15 is 0 Å². The Hall–Kier alpha value is -2.42. The first-order valence-electron chi connectivity index (χ1n) is 11.4. The fourth-order valence-electron chi connectivity index (χ4n) is 4.04. The van der Waals surface area contributed by atoms with Crippen LogP contribution in [0.1, 0.15) is 11.1 Å². The van der Waals surface area contributed by atoms with Gasteiger partial charge in [-0.05, 0) is 42.4 Å². The normalized spacial score (nSPS) is 23.4. The molecule has 3 rings (SSSR count). The van der Waals surface area contributed by atoms with Crippen molar-refractivity contribution in [2.45, 2.75) is 37.6 Å². The lowest BCUT2D eigenvalue weighted by atomic mass is 10.0. The van der Waals surface area contributed by atoms with Gasteiger partial charge in [0.05, 0.1) is 38.6 Å². The van der Waals surface area contributed by atoms with Crippen LogP contribution in [0.25, 0.3) is 0 Å². The highest BCUT2D eigenvalue weighted by Gasteiger charge is 2.42. The van der Waals surface area contributed by atoms with Gasteiger partial charge in [0.2, 0.25) is 0 Å². The third-order valence-corrected chi connectivity index (χ3v) is 5.56. The number of hydrogen-bond donors (Lipinski definition) is 0. The van der Waals surface area contributed by atoms with E-state index in [2.05, 4.69) is 18.1 Å². The molecule has 2 aromatic rings. The van der Waals surface area contributed by atoms with Gasteiger partial charge in [-0.15, -0.1) is 13.2 Å². The first kappa shape index (κ1) is 26.2. The third kappa shape index (κ3) is 7.82. The Bertz CT molecular complexity index is 852. The van der Waals surface area contributed by atoms with Crippen molar-refractivity contribution in [2.75, 3.05) is 33.4 Å². The van der Waals surface area contributed by atoms with Crippen LogP contribution in [0.2, 0.25) is 0 Å². The summed E-state index contributed by atoms with van der Waals surface area (Å²) >= 11 is 0. The SMILES string of the molecule is C=CCO[C@H]1[C@H](OCC=C)[C@@H](OCc2cccc(F)c2)CN(C)C[C@@H]1OCc1cccc(F)c1. The average molecular weight is 474 g/mol. The molecule has 0 bridgehead atoms. The van der Waals surface area contributed by atoms with Crippen LogP contribution >= 0.6 is 0 Å². The molecule has 0 saturated carbocycles. The van der Waals surface area contributed by atoms with Crippen LogP contribution in [0.4, 0.5) is 8.78 Å². The van der Waals surface area contributed by atoms with Crippen molar-refractivity contribution in [3.8, 4) is 0 Å². The second-order valence-corrected chi connectivity index (χ2v) is 8.35. The monoisotopic (exact) mass is 473 g/mol. The molecule has 0 N–H and O–H groups in total. The number of rotatable bonds is 12. The van der Waals surface area contributed by atoms with Crippen LogP contribution in [0.15, 0.2) is 73.8 Å². The van der Waals surface area contributed by atoms with E-state index in [1.807, 2.05) is 19.2 Å². The number of hydrogen-bond acceptors (Lipinski definition) is 5. The van der Waals surface area contributed by atoms with Crippen molar-refractivity contribution in [1.29, 1.82) is 0 Å². The number of halogens is 2. The Labute approximate surface area is 200 Å². The summed E-state index contributed by atoms with van der Waals surface area (Å²) in [7, 11) is 1.97. The van der Waals surface area contributed by atoms with E-state index in [1.54, 1.807) is 24.3 Å². The van der Waals surface area contributed by atoms with Crippen molar-refractivity contribution in [3.05, 3.63) is 96.6 Å². The minimum Gasteiger partial charge on any atom is -0.369 e. The molecule has 0 amide bonds. The van der Waals surface area contributed by atoms with Crippen LogP contribution < -0.4 is 0 Å². The Morgan fingerprint density at radius 1 is 0.794 bits per heavy atom. The summed E-state index contributed by atoms with van der Waals surface area (Å²) in [6.45, 7) is 9.71. The molecule has 1 aliphatic heterocycles. The van der Waals surface area contributed by atoms with Crippen LogP contribution in [-0.2, 0) is 32.2 Å². The maximum absolute atomic E-state index is 13.6. The van der Waals surface area contributed by atoms with E-state index in [9.17, 15) is 8.78 Å². The molecule has 1 fully saturated rings. The van der Waals surface area contributed by atoms with E-state index in [4.69, 9.17) is 18.9 Å². The summed E-state index contributed by atoms with van der Waals surface area (Å²) in [5, 5.41) is 0. The molecule has 0 aliphatic carbocycles. The van der Waals surface area contributed by atoms with Gasteiger partial charge in [0.1, 0.15) is 23.8 Å². The van der Waals surface area contributed by atoms with Gasteiger partial charge >= 0.3 is 0 Å². The van der Waals surface area contributed by atoms with Crippen LogP contribution in [0.3, 0.4) is 0 Å². The molecule has 1 saturated heterocycles. The number of likely N-dealkylation sites (tertiary alicyclic amines) is 1. The zero-order valence-electron chi connectivity index (χ0n) is 19.6.